The van der Waals surface area contributed by atoms with Crippen molar-refractivity contribution in [2.75, 3.05) is 6.61 Å². The summed E-state index contributed by atoms with van der Waals surface area (Å²) in [6.45, 7) is 2.07. The highest BCUT2D eigenvalue weighted by molar-refractivity contribution is 5.84. The highest BCUT2D eigenvalue weighted by Crippen LogP contribution is 2.54. The summed E-state index contributed by atoms with van der Waals surface area (Å²) in [7, 11) is 0. The third-order valence-corrected chi connectivity index (χ3v) is 3.85. The van der Waals surface area contributed by atoms with Gasteiger partial charge in [-0.2, -0.15) is 0 Å². The molecule has 0 amide bonds. The molecule has 0 N–H and O–H groups in total. The van der Waals surface area contributed by atoms with E-state index in [0.717, 1.165) is 6.42 Å². The van der Waals surface area contributed by atoms with Crippen LogP contribution in [0.15, 0.2) is 0 Å². The lowest BCUT2D eigenvalue weighted by Crippen LogP contribution is -2.55. The molecule has 0 aromatic carbocycles. The lowest BCUT2D eigenvalue weighted by atomic mass is 9.69. The van der Waals surface area contributed by atoms with Crippen LogP contribution in [0.4, 0.5) is 0 Å². The quantitative estimate of drug-likeness (QED) is 0.537. The molecular weight excluding hydrogens is 220 g/mol. The highest BCUT2D eigenvalue weighted by Gasteiger charge is 2.64. The zero-order valence-electron chi connectivity index (χ0n) is 9.95. The normalized spacial score (nSPS) is 35.6. The topological polar surface area (TPSA) is 52.6 Å². The molecule has 92 valence electrons. The molecule has 0 radical (unpaired) electrons. The molecule has 4 nitrogen and oxygen atoms in total. The summed E-state index contributed by atoms with van der Waals surface area (Å²) in [4.78, 5) is 23.6. The maximum absolute atomic E-state index is 12.2. The Kier molecular flexibility index (Phi) is 2.86. The van der Waals surface area contributed by atoms with Gasteiger partial charge in [-0.3, -0.25) is 9.59 Å². The predicted octanol–water partition coefficient (Wildman–Crippen LogP) is 1.43. The van der Waals surface area contributed by atoms with Crippen LogP contribution in [0.25, 0.3) is 0 Å². The Balaban J connectivity index is 2.39. The molecule has 17 heavy (non-hydrogen) atoms. The average Bonchev–Trinajstić information content (AvgIpc) is 2.69. The monoisotopic (exact) mass is 236 g/mol. The van der Waals surface area contributed by atoms with Gasteiger partial charge in [0.2, 0.25) is 0 Å². The smallest absolute Gasteiger partial charge is 0.317 e. The van der Waals surface area contributed by atoms with E-state index in [0.29, 0.717) is 25.9 Å². The number of rotatable bonds is 2. The van der Waals surface area contributed by atoms with E-state index in [1.807, 2.05) is 0 Å². The van der Waals surface area contributed by atoms with E-state index in [2.05, 4.69) is 5.92 Å². The van der Waals surface area contributed by atoms with Crippen molar-refractivity contribution in [2.45, 2.75) is 44.6 Å². The second kappa shape index (κ2) is 4.06. The fourth-order valence-electron chi connectivity index (χ4n) is 2.99. The summed E-state index contributed by atoms with van der Waals surface area (Å²) in [6.07, 6.45) is 8.18. The van der Waals surface area contributed by atoms with Crippen LogP contribution in [-0.4, -0.2) is 24.1 Å². The summed E-state index contributed by atoms with van der Waals surface area (Å²) in [5.74, 6) is 1.91. The Labute approximate surface area is 101 Å². The van der Waals surface area contributed by atoms with Gasteiger partial charge in [-0.1, -0.05) is 5.92 Å². The van der Waals surface area contributed by atoms with Gasteiger partial charge in [0.15, 0.2) is 5.60 Å². The molecule has 4 heteroatoms. The van der Waals surface area contributed by atoms with Crippen LogP contribution >= 0.6 is 0 Å². The largest absolute Gasteiger partial charge is 0.465 e. The summed E-state index contributed by atoms with van der Waals surface area (Å²) < 4.78 is 10.5. The van der Waals surface area contributed by atoms with Crippen LogP contribution in [0.3, 0.4) is 0 Å². The first-order valence-corrected chi connectivity index (χ1v) is 5.97. The molecule has 0 aromatic heterocycles. The number of hydrogen-bond acceptors (Lipinski definition) is 4. The Morgan fingerprint density at radius 3 is 2.94 bits per heavy atom. The third kappa shape index (κ3) is 1.53. The number of fused-ring (bicyclic) bond motifs is 1. The predicted molar refractivity (Wildman–Crippen MR) is 59.8 cm³/mol. The average molecular weight is 236 g/mol. The first-order valence-electron chi connectivity index (χ1n) is 5.97. The molecule has 1 saturated heterocycles. The van der Waals surface area contributed by atoms with E-state index in [4.69, 9.17) is 15.9 Å². The van der Waals surface area contributed by atoms with E-state index < -0.39 is 11.0 Å². The number of ether oxygens (including phenoxy) is 2. The molecule has 2 atom stereocenters. The zero-order valence-corrected chi connectivity index (χ0v) is 9.95. The fourth-order valence-corrected chi connectivity index (χ4v) is 2.99. The Hall–Kier alpha value is -1.50. The van der Waals surface area contributed by atoms with Gasteiger partial charge in [-0.25, -0.2) is 0 Å². The minimum Gasteiger partial charge on any atom is -0.465 e. The first-order chi connectivity index (χ1) is 8.10. The van der Waals surface area contributed by atoms with Gasteiger partial charge in [0.25, 0.3) is 0 Å². The molecule has 2 aliphatic rings. The van der Waals surface area contributed by atoms with Crippen molar-refractivity contribution >= 4 is 11.9 Å². The fraction of sp³-hybridized carbons (Fsp3) is 0.692. The minimum atomic E-state index is -1.07. The number of esters is 2. The van der Waals surface area contributed by atoms with E-state index in [9.17, 15) is 9.59 Å². The van der Waals surface area contributed by atoms with E-state index in [-0.39, 0.29) is 18.4 Å². The molecule has 1 aliphatic carbocycles. The van der Waals surface area contributed by atoms with Crippen LogP contribution in [0, 0.1) is 17.8 Å². The Morgan fingerprint density at radius 1 is 1.53 bits per heavy atom. The van der Waals surface area contributed by atoms with Crippen molar-refractivity contribution in [1.82, 2.24) is 0 Å². The molecule has 2 rings (SSSR count). The lowest BCUT2D eigenvalue weighted by molar-refractivity contribution is -0.189. The number of hydrogen-bond donors (Lipinski definition) is 0. The summed E-state index contributed by atoms with van der Waals surface area (Å²) in [5, 5.41) is 0. The molecule has 0 spiro atoms. The van der Waals surface area contributed by atoms with Crippen molar-refractivity contribution in [3.05, 3.63) is 0 Å². The molecule has 0 aromatic rings. The van der Waals surface area contributed by atoms with Crippen LogP contribution in [0.2, 0.25) is 0 Å². The van der Waals surface area contributed by atoms with Crippen LogP contribution in [0.1, 0.15) is 39.0 Å². The van der Waals surface area contributed by atoms with Crippen LogP contribution < -0.4 is 0 Å². The third-order valence-electron chi connectivity index (χ3n) is 3.85. The van der Waals surface area contributed by atoms with Crippen molar-refractivity contribution in [3.63, 3.8) is 0 Å². The van der Waals surface area contributed by atoms with Crippen molar-refractivity contribution in [3.8, 4) is 12.3 Å². The molecule has 0 bridgehead atoms. The van der Waals surface area contributed by atoms with E-state index in [1.165, 1.54) is 0 Å². The second-order valence-corrected chi connectivity index (χ2v) is 4.60. The van der Waals surface area contributed by atoms with Gasteiger partial charge < -0.3 is 9.47 Å². The second-order valence-electron chi connectivity index (χ2n) is 4.60. The van der Waals surface area contributed by atoms with Gasteiger partial charge in [0, 0.05) is 6.42 Å². The van der Waals surface area contributed by atoms with Gasteiger partial charge in [-0.05, 0) is 32.6 Å². The van der Waals surface area contributed by atoms with Crippen molar-refractivity contribution in [1.29, 1.82) is 0 Å². The van der Waals surface area contributed by atoms with Crippen LogP contribution in [-0.2, 0) is 19.1 Å². The Morgan fingerprint density at radius 2 is 2.29 bits per heavy atom. The first kappa shape index (κ1) is 12.0. The van der Waals surface area contributed by atoms with Crippen LogP contribution in [0.5, 0.6) is 0 Å². The molecule has 1 aliphatic heterocycles. The van der Waals surface area contributed by atoms with Gasteiger partial charge in [-0.15, -0.1) is 6.42 Å². The molecule has 1 heterocycles. The standard InChI is InChI=1S/C13H16O4/c1-3-13-8-5-7-12(13,11(15)16-4-2)9-6-10(14)17-13/h1H,4-9H2,2H3. The minimum absolute atomic E-state index is 0.238. The lowest BCUT2D eigenvalue weighted by Gasteiger charge is -2.42. The summed E-state index contributed by atoms with van der Waals surface area (Å²) >= 11 is 0. The molecule has 2 fully saturated rings. The van der Waals surface area contributed by atoms with Gasteiger partial charge in [0.05, 0.1) is 6.61 Å². The van der Waals surface area contributed by atoms with Gasteiger partial charge in [0.1, 0.15) is 5.41 Å². The van der Waals surface area contributed by atoms with Crippen molar-refractivity contribution < 1.29 is 19.1 Å². The molecule has 1 saturated carbocycles. The van der Waals surface area contributed by atoms with E-state index in [1.54, 1.807) is 6.92 Å². The highest BCUT2D eigenvalue weighted by atomic mass is 16.6. The van der Waals surface area contributed by atoms with E-state index >= 15 is 0 Å². The number of carbonyl (C=O) groups excluding carboxylic acids is 2. The zero-order chi connectivity index (χ0) is 12.5. The maximum Gasteiger partial charge on any atom is 0.317 e. The number of carbonyl (C=O) groups is 2. The Bertz CT molecular complexity index is 395. The molecular formula is C13H16O4. The maximum atomic E-state index is 12.2. The SMILES string of the molecule is C#CC12CCCC1(C(=O)OCC)CCC(=O)O2. The van der Waals surface area contributed by atoms with Crippen molar-refractivity contribution in [2.24, 2.45) is 5.41 Å². The molecule has 2 unspecified atom stereocenters. The summed E-state index contributed by atoms with van der Waals surface area (Å²) in [6, 6.07) is 0. The van der Waals surface area contributed by atoms with Gasteiger partial charge >= 0.3 is 11.9 Å². The number of terminal acetylenes is 1. The summed E-state index contributed by atoms with van der Waals surface area (Å²) in [5.41, 5.74) is -1.89.